The van der Waals surface area contributed by atoms with Gasteiger partial charge in [0.05, 0.1) is 17.7 Å². The lowest BCUT2D eigenvalue weighted by Gasteiger charge is -2.42. The van der Waals surface area contributed by atoms with Gasteiger partial charge in [-0.3, -0.25) is 4.90 Å². The first-order valence-corrected chi connectivity index (χ1v) is 10.1. The van der Waals surface area contributed by atoms with Crippen LogP contribution >= 0.6 is 0 Å². The first-order valence-electron chi connectivity index (χ1n) is 10.1. The smallest absolute Gasteiger partial charge is 0.410 e. The number of carbonyl (C=O) groups excluding carboxylic acids is 1. The molecule has 146 valence electrons. The third-order valence-electron chi connectivity index (χ3n) is 5.56. The van der Waals surface area contributed by atoms with Crippen molar-refractivity contribution >= 4 is 6.09 Å². The van der Waals surface area contributed by atoms with E-state index >= 15 is 0 Å². The molecule has 0 aromatic carbocycles. The van der Waals surface area contributed by atoms with Gasteiger partial charge in [0.25, 0.3) is 0 Å². The van der Waals surface area contributed by atoms with Crippen LogP contribution < -0.4 is 0 Å². The summed E-state index contributed by atoms with van der Waals surface area (Å²) in [5, 5.41) is 0. The second-order valence-electron chi connectivity index (χ2n) is 8.78. The molecule has 0 aromatic rings. The Morgan fingerprint density at radius 3 is 2.46 bits per heavy atom. The molecule has 2 aliphatic heterocycles. The van der Waals surface area contributed by atoms with Gasteiger partial charge < -0.3 is 14.4 Å². The first-order chi connectivity index (χ1) is 12.3. The lowest BCUT2D eigenvalue weighted by Crippen LogP contribution is -2.50. The number of carbonyl (C=O) groups is 1. The van der Waals surface area contributed by atoms with Crippen molar-refractivity contribution < 1.29 is 14.3 Å². The van der Waals surface area contributed by atoms with Gasteiger partial charge in [0.1, 0.15) is 5.60 Å². The monoisotopic (exact) mass is 362 g/mol. The third-order valence-corrected chi connectivity index (χ3v) is 5.56. The summed E-state index contributed by atoms with van der Waals surface area (Å²) < 4.78 is 12.2. The fourth-order valence-electron chi connectivity index (χ4n) is 4.20. The van der Waals surface area contributed by atoms with Gasteiger partial charge in [-0.2, -0.15) is 0 Å². The quantitative estimate of drug-likeness (QED) is 0.750. The largest absolute Gasteiger partial charge is 0.444 e. The zero-order chi connectivity index (χ0) is 18.8. The van der Waals surface area contributed by atoms with E-state index in [0.29, 0.717) is 19.1 Å². The van der Waals surface area contributed by atoms with Crippen LogP contribution in [0.2, 0.25) is 0 Å². The minimum absolute atomic E-state index is 0.113. The molecule has 0 aromatic heterocycles. The molecule has 3 aliphatic rings. The zero-order valence-electron chi connectivity index (χ0n) is 16.7. The molecule has 1 aliphatic carbocycles. The molecular weight excluding hydrogens is 328 g/mol. The summed E-state index contributed by atoms with van der Waals surface area (Å²) in [6.07, 6.45) is 12.6. The van der Waals surface area contributed by atoms with Gasteiger partial charge in [-0.05, 0) is 53.0 Å². The topological polar surface area (TPSA) is 42.0 Å². The molecule has 2 unspecified atom stereocenters. The minimum Gasteiger partial charge on any atom is -0.444 e. The number of piperidine rings is 1. The number of hydrogen-bond donors (Lipinski definition) is 0. The molecule has 5 heteroatoms. The molecule has 1 spiro atoms. The van der Waals surface area contributed by atoms with Crippen molar-refractivity contribution in [3.63, 3.8) is 0 Å². The second-order valence-corrected chi connectivity index (χ2v) is 8.78. The highest BCUT2D eigenvalue weighted by atomic mass is 16.6. The van der Waals surface area contributed by atoms with Crippen molar-refractivity contribution in [3.05, 3.63) is 24.3 Å². The van der Waals surface area contributed by atoms with Crippen molar-refractivity contribution in [2.45, 2.75) is 76.7 Å². The molecule has 0 bridgehead atoms. The molecule has 0 radical (unpaired) electrons. The number of amides is 1. The zero-order valence-corrected chi connectivity index (χ0v) is 16.7. The molecule has 2 heterocycles. The molecular formula is C21H34N2O3. The number of nitrogens with zero attached hydrogens (tertiary/aromatic N) is 2. The van der Waals surface area contributed by atoms with Crippen molar-refractivity contribution in [2.75, 3.05) is 26.2 Å². The molecule has 1 amide bonds. The van der Waals surface area contributed by atoms with Crippen LogP contribution in [0.15, 0.2) is 24.3 Å². The maximum Gasteiger partial charge on any atom is 0.410 e. The molecule has 5 nitrogen and oxygen atoms in total. The van der Waals surface area contributed by atoms with E-state index in [-0.39, 0.29) is 17.8 Å². The van der Waals surface area contributed by atoms with Crippen LogP contribution in [-0.4, -0.2) is 65.4 Å². The van der Waals surface area contributed by atoms with Crippen LogP contribution in [0.4, 0.5) is 4.79 Å². The molecule has 2 fully saturated rings. The Morgan fingerprint density at radius 2 is 1.81 bits per heavy atom. The summed E-state index contributed by atoms with van der Waals surface area (Å²) in [5.41, 5.74) is -0.572. The standard InChI is InChI=1S/C21H34N2O3/c1-5-13-22-14-10-21(25-18-9-7-6-8-17(18)22)11-15-23(16-12-21)19(24)26-20(2,3)4/h6-9,17-18H,5,10-16H2,1-4H3. The third kappa shape index (κ3) is 4.49. The summed E-state index contributed by atoms with van der Waals surface area (Å²) >= 11 is 0. The Bertz CT molecular complexity index is 556. The van der Waals surface area contributed by atoms with Crippen LogP contribution in [-0.2, 0) is 9.47 Å². The van der Waals surface area contributed by atoms with E-state index in [9.17, 15) is 4.79 Å². The minimum atomic E-state index is -0.446. The Balaban J connectivity index is 1.65. The molecule has 26 heavy (non-hydrogen) atoms. The predicted molar refractivity (Wildman–Crippen MR) is 103 cm³/mol. The Morgan fingerprint density at radius 1 is 1.15 bits per heavy atom. The van der Waals surface area contributed by atoms with E-state index in [2.05, 4.69) is 36.1 Å². The van der Waals surface area contributed by atoms with Gasteiger partial charge in [0, 0.05) is 19.6 Å². The maximum absolute atomic E-state index is 12.4. The van der Waals surface area contributed by atoms with E-state index in [0.717, 1.165) is 38.8 Å². The van der Waals surface area contributed by atoms with Crippen molar-refractivity contribution in [1.29, 1.82) is 0 Å². The Labute approximate surface area is 158 Å². The number of hydrogen-bond acceptors (Lipinski definition) is 4. The molecule has 2 saturated heterocycles. The fraction of sp³-hybridized carbons (Fsp3) is 0.762. The van der Waals surface area contributed by atoms with Gasteiger partial charge in [0.2, 0.25) is 0 Å². The van der Waals surface area contributed by atoms with E-state index in [4.69, 9.17) is 9.47 Å². The average molecular weight is 363 g/mol. The summed E-state index contributed by atoms with van der Waals surface area (Å²) in [6.45, 7) is 11.5. The van der Waals surface area contributed by atoms with E-state index < -0.39 is 5.60 Å². The molecule has 0 saturated carbocycles. The van der Waals surface area contributed by atoms with Crippen LogP contribution in [0.5, 0.6) is 0 Å². The van der Waals surface area contributed by atoms with Gasteiger partial charge in [-0.1, -0.05) is 31.2 Å². The van der Waals surface area contributed by atoms with Crippen molar-refractivity contribution in [3.8, 4) is 0 Å². The van der Waals surface area contributed by atoms with Crippen molar-refractivity contribution in [1.82, 2.24) is 9.80 Å². The highest BCUT2D eigenvalue weighted by Gasteiger charge is 2.43. The van der Waals surface area contributed by atoms with Gasteiger partial charge in [0.15, 0.2) is 0 Å². The van der Waals surface area contributed by atoms with Gasteiger partial charge >= 0.3 is 6.09 Å². The first kappa shape index (κ1) is 19.4. The van der Waals surface area contributed by atoms with Crippen LogP contribution in [0.3, 0.4) is 0 Å². The number of ether oxygens (including phenoxy) is 2. The number of fused-ring (bicyclic) bond motifs is 1. The maximum atomic E-state index is 12.4. The molecule has 2 atom stereocenters. The number of likely N-dealkylation sites (tertiary alicyclic amines) is 1. The molecule has 0 N–H and O–H groups in total. The van der Waals surface area contributed by atoms with E-state index in [1.165, 1.54) is 0 Å². The summed E-state index contributed by atoms with van der Waals surface area (Å²) in [6, 6.07) is 0.336. The highest BCUT2D eigenvalue weighted by molar-refractivity contribution is 5.68. The van der Waals surface area contributed by atoms with Crippen molar-refractivity contribution in [2.24, 2.45) is 0 Å². The molecule has 3 rings (SSSR count). The van der Waals surface area contributed by atoms with Crippen LogP contribution in [0, 0.1) is 0 Å². The lowest BCUT2D eigenvalue weighted by atomic mass is 9.87. The second kappa shape index (κ2) is 7.73. The summed E-state index contributed by atoms with van der Waals surface area (Å²) in [7, 11) is 0. The van der Waals surface area contributed by atoms with Gasteiger partial charge in [-0.25, -0.2) is 4.79 Å². The van der Waals surface area contributed by atoms with Crippen LogP contribution in [0.1, 0.15) is 53.4 Å². The SMILES string of the molecule is CCCN1CCC2(CCN(C(=O)OC(C)(C)C)CC2)OC2C=CC=CC21. The highest BCUT2D eigenvalue weighted by Crippen LogP contribution is 2.37. The summed E-state index contributed by atoms with van der Waals surface area (Å²) in [5.74, 6) is 0. The lowest BCUT2D eigenvalue weighted by molar-refractivity contribution is -0.107. The van der Waals surface area contributed by atoms with E-state index in [1.54, 1.807) is 0 Å². The fourth-order valence-corrected chi connectivity index (χ4v) is 4.20. The normalized spacial score (nSPS) is 28.7. The average Bonchev–Trinajstić information content (AvgIpc) is 2.72. The number of allylic oxidation sites excluding steroid dienone is 2. The van der Waals surface area contributed by atoms with Crippen LogP contribution in [0.25, 0.3) is 0 Å². The predicted octanol–water partition coefficient (Wildman–Crippen LogP) is 3.75. The van der Waals surface area contributed by atoms with E-state index in [1.807, 2.05) is 25.7 Å². The van der Waals surface area contributed by atoms with Gasteiger partial charge in [-0.15, -0.1) is 0 Å². The Hall–Kier alpha value is -1.33. The number of rotatable bonds is 2. The Kier molecular flexibility index (Phi) is 5.78. The summed E-state index contributed by atoms with van der Waals surface area (Å²) in [4.78, 5) is 16.7.